The SMILES string of the molecule is O=c1ccc(I)cn1Cc1cccc(F)c1Br. The van der Waals surface area contributed by atoms with Crippen LogP contribution in [0.3, 0.4) is 0 Å². The summed E-state index contributed by atoms with van der Waals surface area (Å²) in [6.45, 7) is 0.355. The van der Waals surface area contributed by atoms with Crippen LogP contribution in [0, 0.1) is 9.39 Å². The summed E-state index contributed by atoms with van der Waals surface area (Å²) >= 11 is 5.32. The van der Waals surface area contributed by atoms with Crippen LogP contribution >= 0.6 is 38.5 Å². The molecular weight excluding hydrogens is 400 g/mol. The van der Waals surface area contributed by atoms with E-state index in [0.717, 1.165) is 9.13 Å². The molecule has 1 aromatic carbocycles. The molecule has 2 nitrogen and oxygen atoms in total. The average molecular weight is 408 g/mol. The van der Waals surface area contributed by atoms with Gasteiger partial charge in [0.1, 0.15) is 5.82 Å². The minimum Gasteiger partial charge on any atom is -0.310 e. The van der Waals surface area contributed by atoms with Crippen molar-refractivity contribution >= 4 is 38.5 Å². The largest absolute Gasteiger partial charge is 0.310 e. The first-order valence-electron chi connectivity index (χ1n) is 4.87. The van der Waals surface area contributed by atoms with Crippen molar-refractivity contribution < 1.29 is 4.39 Å². The molecule has 88 valence electrons. The fraction of sp³-hybridized carbons (Fsp3) is 0.0833. The quantitative estimate of drug-likeness (QED) is 0.699. The summed E-state index contributed by atoms with van der Waals surface area (Å²) in [7, 11) is 0. The Morgan fingerprint density at radius 1 is 1.29 bits per heavy atom. The Bertz CT molecular complexity index is 612. The predicted molar refractivity (Wildman–Crippen MR) is 76.6 cm³/mol. The highest BCUT2D eigenvalue weighted by atomic mass is 127. The topological polar surface area (TPSA) is 22.0 Å². The van der Waals surface area contributed by atoms with E-state index in [-0.39, 0.29) is 11.4 Å². The smallest absolute Gasteiger partial charge is 0.250 e. The normalized spacial score (nSPS) is 10.5. The molecule has 0 saturated heterocycles. The number of rotatable bonds is 2. The summed E-state index contributed by atoms with van der Waals surface area (Å²) < 4.78 is 16.3. The van der Waals surface area contributed by atoms with Crippen LogP contribution in [-0.2, 0) is 6.54 Å². The van der Waals surface area contributed by atoms with Crippen LogP contribution < -0.4 is 5.56 Å². The summed E-state index contributed by atoms with van der Waals surface area (Å²) in [4.78, 5) is 11.6. The van der Waals surface area contributed by atoms with E-state index in [1.807, 2.05) is 0 Å². The standard InChI is InChI=1S/C12H8BrFINO/c13-12-8(2-1-3-10(12)14)6-16-7-9(15)4-5-11(16)17/h1-5,7H,6H2. The lowest BCUT2D eigenvalue weighted by molar-refractivity contribution is 0.615. The van der Waals surface area contributed by atoms with Crippen LogP contribution in [0.1, 0.15) is 5.56 Å². The number of benzene rings is 1. The number of halogens is 3. The number of aromatic nitrogens is 1. The van der Waals surface area contributed by atoms with Crippen LogP contribution in [0.4, 0.5) is 4.39 Å². The van der Waals surface area contributed by atoms with Gasteiger partial charge in [0.25, 0.3) is 5.56 Å². The van der Waals surface area contributed by atoms with Crippen LogP contribution in [0.5, 0.6) is 0 Å². The van der Waals surface area contributed by atoms with Gasteiger partial charge in [-0.1, -0.05) is 12.1 Å². The second-order valence-corrected chi connectivity index (χ2v) is 5.57. The van der Waals surface area contributed by atoms with Crippen LogP contribution in [0.25, 0.3) is 0 Å². The Balaban J connectivity index is 2.41. The molecule has 5 heteroatoms. The van der Waals surface area contributed by atoms with E-state index in [9.17, 15) is 9.18 Å². The molecule has 2 rings (SSSR count). The van der Waals surface area contributed by atoms with Crippen molar-refractivity contribution in [2.24, 2.45) is 0 Å². The van der Waals surface area contributed by atoms with E-state index < -0.39 is 0 Å². The minimum atomic E-state index is -0.318. The maximum Gasteiger partial charge on any atom is 0.250 e. The molecule has 0 amide bonds. The fourth-order valence-electron chi connectivity index (χ4n) is 1.48. The summed E-state index contributed by atoms with van der Waals surface area (Å²) in [5.74, 6) is -0.318. The third-order valence-corrected chi connectivity index (χ3v) is 3.85. The monoisotopic (exact) mass is 407 g/mol. The van der Waals surface area contributed by atoms with E-state index in [2.05, 4.69) is 38.5 Å². The molecule has 0 aliphatic carbocycles. The van der Waals surface area contributed by atoms with E-state index >= 15 is 0 Å². The van der Waals surface area contributed by atoms with Crippen molar-refractivity contribution in [3.8, 4) is 0 Å². The second kappa shape index (κ2) is 5.30. The molecule has 0 unspecified atom stereocenters. The summed E-state index contributed by atoms with van der Waals surface area (Å²) in [6.07, 6.45) is 1.75. The fourth-order valence-corrected chi connectivity index (χ4v) is 2.39. The van der Waals surface area contributed by atoms with Gasteiger partial charge in [-0.15, -0.1) is 0 Å². The third-order valence-electron chi connectivity index (χ3n) is 2.32. The molecule has 0 atom stereocenters. The Kier molecular flexibility index (Phi) is 3.98. The molecule has 2 aromatic rings. The molecule has 0 radical (unpaired) electrons. The Hall–Kier alpha value is -0.690. The van der Waals surface area contributed by atoms with Gasteiger partial charge in [-0.2, -0.15) is 0 Å². The maximum atomic E-state index is 13.3. The number of nitrogens with zero attached hydrogens (tertiary/aromatic N) is 1. The Labute approximate surface area is 120 Å². The molecule has 0 bridgehead atoms. The first-order valence-corrected chi connectivity index (χ1v) is 6.74. The van der Waals surface area contributed by atoms with E-state index in [0.29, 0.717) is 11.0 Å². The highest BCUT2D eigenvalue weighted by Crippen LogP contribution is 2.20. The Morgan fingerprint density at radius 3 is 2.82 bits per heavy atom. The molecule has 1 aromatic heterocycles. The zero-order valence-corrected chi connectivity index (χ0v) is 12.4. The van der Waals surface area contributed by atoms with Gasteiger partial charge in [0.05, 0.1) is 11.0 Å². The predicted octanol–water partition coefficient (Wildman–Crippen LogP) is 3.40. The number of pyridine rings is 1. The average Bonchev–Trinajstić information content (AvgIpc) is 2.30. The first-order chi connectivity index (χ1) is 8.08. The van der Waals surface area contributed by atoms with Gasteiger partial charge in [-0.05, 0) is 56.2 Å². The van der Waals surface area contributed by atoms with Gasteiger partial charge < -0.3 is 4.57 Å². The van der Waals surface area contributed by atoms with E-state index in [4.69, 9.17) is 0 Å². The molecule has 0 N–H and O–H groups in total. The molecule has 0 spiro atoms. The zero-order valence-electron chi connectivity index (χ0n) is 8.66. The summed E-state index contributed by atoms with van der Waals surface area (Å²) in [6, 6.07) is 8.06. The molecular formula is C12H8BrFINO. The Morgan fingerprint density at radius 2 is 2.06 bits per heavy atom. The molecule has 0 aliphatic rings. The van der Waals surface area contributed by atoms with Crippen LogP contribution in [-0.4, -0.2) is 4.57 Å². The van der Waals surface area contributed by atoms with Gasteiger partial charge in [0.15, 0.2) is 0 Å². The number of hydrogen-bond acceptors (Lipinski definition) is 1. The van der Waals surface area contributed by atoms with Crippen molar-refractivity contribution in [2.75, 3.05) is 0 Å². The highest BCUT2D eigenvalue weighted by molar-refractivity contribution is 14.1. The van der Waals surface area contributed by atoms with Gasteiger partial charge in [0.2, 0.25) is 0 Å². The van der Waals surface area contributed by atoms with E-state index in [1.165, 1.54) is 12.1 Å². The molecule has 0 fully saturated rings. The van der Waals surface area contributed by atoms with E-state index in [1.54, 1.807) is 29.0 Å². The van der Waals surface area contributed by atoms with Crippen molar-refractivity contribution in [1.82, 2.24) is 4.57 Å². The maximum absolute atomic E-state index is 13.3. The van der Waals surface area contributed by atoms with Gasteiger partial charge in [0, 0.05) is 15.8 Å². The van der Waals surface area contributed by atoms with Crippen LogP contribution in [0.2, 0.25) is 0 Å². The third kappa shape index (κ3) is 2.95. The minimum absolute atomic E-state index is 0.0958. The molecule has 0 saturated carbocycles. The summed E-state index contributed by atoms with van der Waals surface area (Å²) in [5.41, 5.74) is 0.649. The van der Waals surface area contributed by atoms with Crippen molar-refractivity contribution in [1.29, 1.82) is 0 Å². The van der Waals surface area contributed by atoms with Gasteiger partial charge in [-0.3, -0.25) is 4.79 Å². The number of hydrogen-bond donors (Lipinski definition) is 0. The lowest BCUT2D eigenvalue weighted by Crippen LogP contribution is -2.19. The van der Waals surface area contributed by atoms with Crippen molar-refractivity contribution in [2.45, 2.75) is 6.54 Å². The van der Waals surface area contributed by atoms with Crippen molar-refractivity contribution in [3.05, 3.63) is 66.3 Å². The molecule has 1 heterocycles. The second-order valence-electron chi connectivity index (χ2n) is 3.53. The first kappa shape index (κ1) is 12.8. The van der Waals surface area contributed by atoms with Gasteiger partial charge >= 0.3 is 0 Å². The zero-order chi connectivity index (χ0) is 12.4. The molecule has 17 heavy (non-hydrogen) atoms. The molecule has 0 aliphatic heterocycles. The lowest BCUT2D eigenvalue weighted by Gasteiger charge is -2.08. The summed E-state index contributed by atoms with van der Waals surface area (Å²) in [5, 5.41) is 0. The van der Waals surface area contributed by atoms with Crippen molar-refractivity contribution in [3.63, 3.8) is 0 Å². The lowest BCUT2D eigenvalue weighted by atomic mass is 10.2. The van der Waals surface area contributed by atoms with Crippen LogP contribution in [0.15, 0.2) is 45.8 Å². The highest BCUT2D eigenvalue weighted by Gasteiger charge is 2.06. The van der Waals surface area contributed by atoms with Gasteiger partial charge in [-0.25, -0.2) is 4.39 Å².